The minimum atomic E-state index is 0.322. The van der Waals surface area contributed by atoms with Crippen molar-refractivity contribution in [3.63, 3.8) is 0 Å². The molecule has 1 nitrogen and oxygen atoms in total. The van der Waals surface area contributed by atoms with Crippen LogP contribution in [0.25, 0.3) is 0 Å². The molecule has 106 valence electrons. The Morgan fingerprint density at radius 3 is 2.63 bits per heavy atom. The minimum absolute atomic E-state index is 0.322. The molecule has 2 heteroatoms. The monoisotopic (exact) mass is 280 g/mol. The average Bonchev–Trinajstić information content (AvgIpc) is 2.41. The highest BCUT2D eigenvalue weighted by molar-refractivity contribution is 6.20. The van der Waals surface area contributed by atoms with Crippen molar-refractivity contribution in [3.05, 3.63) is 35.9 Å². The van der Waals surface area contributed by atoms with Crippen molar-refractivity contribution in [2.24, 2.45) is 5.92 Å². The van der Waals surface area contributed by atoms with Gasteiger partial charge in [-0.15, -0.1) is 11.6 Å². The zero-order valence-corrected chi connectivity index (χ0v) is 12.8. The van der Waals surface area contributed by atoms with Gasteiger partial charge in [0.15, 0.2) is 0 Å². The van der Waals surface area contributed by atoms with Gasteiger partial charge in [0.1, 0.15) is 0 Å². The predicted molar refractivity (Wildman–Crippen MR) is 81.9 cm³/mol. The Labute approximate surface area is 122 Å². The van der Waals surface area contributed by atoms with E-state index in [1.165, 1.54) is 18.4 Å². The van der Waals surface area contributed by atoms with Gasteiger partial charge in [-0.05, 0) is 56.9 Å². The Morgan fingerprint density at radius 1 is 1.21 bits per heavy atom. The molecule has 3 unspecified atom stereocenters. The molecule has 1 fully saturated rings. The van der Waals surface area contributed by atoms with Crippen molar-refractivity contribution in [2.75, 3.05) is 6.61 Å². The number of benzene rings is 1. The molecule has 1 aromatic carbocycles. The number of halogens is 1. The summed E-state index contributed by atoms with van der Waals surface area (Å²) < 4.78 is 5.68. The Hall–Kier alpha value is -0.530. The van der Waals surface area contributed by atoms with E-state index in [0.717, 1.165) is 19.4 Å². The normalized spacial score (nSPS) is 27.7. The van der Waals surface area contributed by atoms with Crippen LogP contribution < -0.4 is 0 Å². The van der Waals surface area contributed by atoms with Gasteiger partial charge in [0, 0.05) is 12.0 Å². The number of hydrogen-bond acceptors (Lipinski definition) is 1. The highest BCUT2D eigenvalue weighted by atomic mass is 35.5. The molecule has 0 saturated heterocycles. The second kappa shape index (κ2) is 7.31. The van der Waals surface area contributed by atoms with Crippen molar-refractivity contribution >= 4 is 11.6 Å². The standard InChI is InChI=1S/C17H25ClO/c1-13(2)19-11-10-16-12-15(8-9-17(16)18)14-6-4-3-5-7-14/h3-7,13,15-17H,8-12H2,1-2H3. The van der Waals surface area contributed by atoms with Gasteiger partial charge in [-0.1, -0.05) is 30.3 Å². The van der Waals surface area contributed by atoms with Gasteiger partial charge < -0.3 is 4.74 Å². The quantitative estimate of drug-likeness (QED) is 0.690. The molecular weight excluding hydrogens is 256 g/mol. The minimum Gasteiger partial charge on any atom is -0.379 e. The van der Waals surface area contributed by atoms with E-state index in [2.05, 4.69) is 44.2 Å². The summed E-state index contributed by atoms with van der Waals surface area (Å²) in [6.07, 6.45) is 4.98. The SMILES string of the molecule is CC(C)OCCC1CC(c2ccccc2)CCC1Cl. The first-order chi connectivity index (χ1) is 9.16. The number of rotatable bonds is 5. The fourth-order valence-electron chi connectivity index (χ4n) is 3.01. The van der Waals surface area contributed by atoms with Crippen LogP contribution in [0.2, 0.25) is 0 Å². The van der Waals surface area contributed by atoms with Gasteiger partial charge in [0.25, 0.3) is 0 Å². The maximum Gasteiger partial charge on any atom is 0.0518 e. The molecule has 1 aliphatic rings. The van der Waals surface area contributed by atoms with E-state index in [4.69, 9.17) is 16.3 Å². The molecule has 0 aliphatic heterocycles. The van der Waals surface area contributed by atoms with E-state index in [-0.39, 0.29) is 0 Å². The first kappa shape index (κ1) is 14.9. The highest BCUT2D eigenvalue weighted by Gasteiger charge is 2.29. The Morgan fingerprint density at radius 2 is 1.95 bits per heavy atom. The molecule has 19 heavy (non-hydrogen) atoms. The maximum atomic E-state index is 6.50. The predicted octanol–water partition coefficient (Wildman–Crippen LogP) is 4.99. The lowest BCUT2D eigenvalue weighted by Gasteiger charge is -2.33. The summed E-state index contributed by atoms with van der Waals surface area (Å²) in [4.78, 5) is 0. The molecule has 2 rings (SSSR count). The van der Waals surface area contributed by atoms with Gasteiger partial charge in [-0.3, -0.25) is 0 Å². The summed E-state index contributed by atoms with van der Waals surface area (Å²) in [5.74, 6) is 1.28. The molecule has 0 amide bonds. The molecule has 1 aliphatic carbocycles. The molecule has 1 saturated carbocycles. The summed E-state index contributed by atoms with van der Waals surface area (Å²) >= 11 is 6.50. The molecule has 0 bridgehead atoms. The van der Waals surface area contributed by atoms with Crippen LogP contribution in [0.3, 0.4) is 0 Å². The second-order valence-electron chi connectivity index (χ2n) is 5.90. The van der Waals surface area contributed by atoms with Gasteiger partial charge in [-0.25, -0.2) is 0 Å². The largest absolute Gasteiger partial charge is 0.379 e. The Bertz CT molecular complexity index is 363. The zero-order chi connectivity index (χ0) is 13.7. The van der Waals surface area contributed by atoms with Gasteiger partial charge in [0.05, 0.1) is 6.10 Å². The molecule has 0 spiro atoms. The topological polar surface area (TPSA) is 9.23 Å². The lowest BCUT2D eigenvalue weighted by atomic mass is 9.76. The molecular formula is C17H25ClO. The van der Waals surface area contributed by atoms with E-state index in [1.807, 2.05) is 0 Å². The number of alkyl halides is 1. The van der Waals surface area contributed by atoms with Crippen molar-refractivity contribution in [1.29, 1.82) is 0 Å². The fourth-order valence-corrected chi connectivity index (χ4v) is 3.36. The van der Waals surface area contributed by atoms with E-state index in [0.29, 0.717) is 23.3 Å². The summed E-state index contributed by atoms with van der Waals surface area (Å²) in [6.45, 7) is 5.02. The first-order valence-electron chi connectivity index (χ1n) is 7.47. The highest BCUT2D eigenvalue weighted by Crippen LogP contribution is 2.40. The maximum absolute atomic E-state index is 6.50. The van der Waals surface area contributed by atoms with Gasteiger partial charge in [0.2, 0.25) is 0 Å². The zero-order valence-electron chi connectivity index (χ0n) is 12.0. The molecule has 0 N–H and O–H groups in total. The molecule has 1 aromatic rings. The molecule has 0 radical (unpaired) electrons. The summed E-state index contributed by atoms with van der Waals surface area (Å²) in [7, 11) is 0. The van der Waals surface area contributed by atoms with Crippen LogP contribution in [0, 0.1) is 5.92 Å². The van der Waals surface area contributed by atoms with Crippen molar-refractivity contribution in [1.82, 2.24) is 0 Å². The number of ether oxygens (including phenoxy) is 1. The van der Waals surface area contributed by atoms with Crippen LogP contribution in [-0.2, 0) is 4.74 Å². The Balaban J connectivity index is 1.89. The summed E-state index contributed by atoms with van der Waals surface area (Å²) in [5, 5.41) is 0.329. The lowest BCUT2D eigenvalue weighted by molar-refractivity contribution is 0.0642. The van der Waals surface area contributed by atoms with Crippen molar-refractivity contribution in [2.45, 2.75) is 56.9 Å². The van der Waals surface area contributed by atoms with E-state index >= 15 is 0 Å². The lowest BCUT2D eigenvalue weighted by Crippen LogP contribution is -2.26. The van der Waals surface area contributed by atoms with Crippen molar-refractivity contribution < 1.29 is 4.74 Å². The van der Waals surface area contributed by atoms with E-state index in [1.54, 1.807) is 0 Å². The smallest absolute Gasteiger partial charge is 0.0518 e. The van der Waals surface area contributed by atoms with E-state index in [9.17, 15) is 0 Å². The summed E-state index contributed by atoms with van der Waals surface area (Å²) in [6, 6.07) is 10.9. The third kappa shape index (κ3) is 4.50. The van der Waals surface area contributed by atoms with Crippen LogP contribution in [0.4, 0.5) is 0 Å². The van der Waals surface area contributed by atoms with E-state index < -0.39 is 0 Å². The number of hydrogen-bond donors (Lipinski definition) is 0. The van der Waals surface area contributed by atoms with Crippen LogP contribution in [0.1, 0.15) is 51.0 Å². The first-order valence-corrected chi connectivity index (χ1v) is 7.91. The molecule has 3 atom stereocenters. The fraction of sp³-hybridized carbons (Fsp3) is 0.647. The van der Waals surface area contributed by atoms with Crippen molar-refractivity contribution in [3.8, 4) is 0 Å². The molecule has 0 heterocycles. The third-order valence-electron chi connectivity index (χ3n) is 4.10. The third-order valence-corrected chi connectivity index (χ3v) is 4.68. The van der Waals surface area contributed by atoms with Crippen LogP contribution in [0.15, 0.2) is 30.3 Å². The van der Waals surface area contributed by atoms with Gasteiger partial charge >= 0.3 is 0 Å². The average molecular weight is 281 g/mol. The second-order valence-corrected chi connectivity index (χ2v) is 6.47. The van der Waals surface area contributed by atoms with Crippen LogP contribution >= 0.6 is 11.6 Å². The van der Waals surface area contributed by atoms with Gasteiger partial charge in [-0.2, -0.15) is 0 Å². The van der Waals surface area contributed by atoms with Crippen LogP contribution in [-0.4, -0.2) is 18.1 Å². The molecule has 0 aromatic heterocycles. The summed E-state index contributed by atoms with van der Waals surface area (Å²) in [5.41, 5.74) is 1.47. The Kier molecular flexibility index (Phi) is 5.72. The van der Waals surface area contributed by atoms with Crippen LogP contribution in [0.5, 0.6) is 0 Å².